The number of hydrogen-bond donors (Lipinski definition) is 1. The van der Waals surface area contributed by atoms with Gasteiger partial charge in [0.15, 0.2) is 0 Å². The Kier molecular flexibility index (Phi) is 5.23. The van der Waals surface area contributed by atoms with Crippen molar-refractivity contribution >= 4 is 11.7 Å². The van der Waals surface area contributed by atoms with Gasteiger partial charge < -0.3 is 15.4 Å². The number of nitrogens with zero attached hydrogens (tertiary/aromatic N) is 2. The summed E-state index contributed by atoms with van der Waals surface area (Å²) < 4.78 is 0. The van der Waals surface area contributed by atoms with Crippen LogP contribution in [-0.2, 0) is 0 Å². The van der Waals surface area contributed by atoms with Gasteiger partial charge in [0.05, 0.1) is 5.56 Å². The molecule has 0 spiro atoms. The van der Waals surface area contributed by atoms with Crippen molar-refractivity contribution < 1.29 is 9.72 Å². The molecule has 1 rings (SSSR count). The molecule has 1 heterocycles. The van der Waals surface area contributed by atoms with Crippen LogP contribution in [0.1, 0.15) is 37.0 Å². The molecule has 0 fully saturated rings. The van der Waals surface area contributed by atoms with Crippen molar-refractivity contribution in [3.63, 3.8) is 0 Å². The Morgan fingerprint density at radius 2 is 2.33 bits per heavy atom. The summed E-state index contributed by atoms with van der Waals surface area (Å²) in [5, 5.41) is 13.3. The maximum absolute atomic E-state index is 11.7. The van der Waals surface area contributed by atoms with Gasteiger partial charge in [-0.05, 0) is 28.3 Å². The lowest BCUT2D eigenvalue weighted by Gasteiger charge is -2.09. The molecule has 0 aliphatic heterocycles. The number of carbonyl (C=O) groups excluding carboxylic acids is 1. The highest BCUT2D eigenvalue weighted by atomic mass is 16.6. The third-order valence-electron chi connectivity index (χ3n) is 2.81. The van der Waals surface area contributed by atoms with Gasteiger partial charge in [-0.1, -0.05) is 20.3 Å². The Labute approximate surface area is 106 Å². The molecule has 1 aromatic rings. The number of nitro groups is 1. The average molecular weight is 251 g/mol. The number of carbonyl (C=O) groups is 1. The van der Waals surface area contributed by atoms with Gasteiger partial charge in [-0.3, -0.25) is 4.79 Å². The Bertz CT molecular complexity index is 434. The molecule has 0 saturated heterocycles. The molecule has 1 atom stereocenters. The molecule has 0 saturated carbocycles. The van der Waals surface area contributed by atoms with Crippen LogP contribution in [0, 0.1) is 16.0 Å². The van der Waals surface area contributed by atoms with Gasteiger partial charge in [0.25, 0.3) is 5.91 Å². The standard InChI is InChI=1S/C12H17N3O3/c1-3-9(2)4-6-14-12(16)10-5-7-13-11(8-10)15(17)18/h5,7-9H,3-4,6H2,1-2H3,(H,14,16). The summed E-state index contributed by atoms with van der Waals surface area (Å²) in [4.78, 5) is 25.2. The molecule has 0 aliphatic carbocycles. The molecule has 0 aliphatic rings. The van der Waals surface area contributed by atoms with Gasteiger partial charge in [-0.2, -0.15) is 0 Å². The molecule has 18 heavy (non-hydrogen) atoms. The first-order valence-corrected chi connectivity index (χ1v) is 5.93. The molecular formula is C12H17N3O3. The number of pyridine rings is 1. The third kappa shape index (κ3) is 4.12. The van der Waals surface area contributed by atoms with Crippen LogP contribution < -0.4 is 5.32 Å². The van der Waals surface area contributed by atoms with E-state index in [0.717, 1.165) is 12.8 Å². The van der Waals surface area contributed by atoms with E-state index in [9.17, 15) is 14.9 Å². The zero-order valence-corrected chi connectivity index (χ0v) is 10.5. The Balaban J connectivity index is 2.56. The smallest absolute Gasteiger partial charge is 0.358 e. The van der Waals surface area contributed by atoms with Gasteiger partial charge in [0.2, 0.25) is 0 Å². The minimum Gasteiger partial charge on any atom is -0.358 e. The van der Waals surface area contributed by atoms with Crippen molar-refractivity contribution in [1.29, 1.82) is 0 Å². The van der Waals surface area contributed by atoms with Crippen molar-refractivity contribution in [3.8, 4) is 0 Å². The first-order chi connectivity index (χ1) is 8.54. The Morgan fingerprint density at radius 3 is 2.94 bits per heavy atom. The fourth-order valence-corrected chi connectivity index (χ4v) is 1.40. The molecule has 6 heteroatoms. The van der Waals surface area contributed by atoms with Crippen molar-refractivity contribution in [2.24, 2.45) is 5.92 Å². The molecule has 1 aromatic heterocycles. The fraction of sp³-hybridized carbons (Fsp3) is 0.500. The molecule has 98 valence electrons. The molecule has 0 aromatic carbocycles. The monoisotopic (exact) mass is 251 g/mol. The van der Waals surface area contributed by atoms with E-state index < -0.39 is 4.92 Å². The average Bonchev–Trinajstić information content (AvgIpc) is 2.38. The number of rotatable bonds is 6. The number of amides is 1. The van der Waals surface area contributed by atoms with E-state index in [1.54, 1.807) is 0 Å². The predicted octanol–water partition coefficient (Wildman–Crippen LogP) is 2.16. The van der Waals surface area contributed by atoms with Crippen LogP contribution >= 0.6 is 0 Å². The first kappa shape index (κ1) is 14.1. The topological polar surface area (TPSA) is 85.1 Å². The van der Waals surface area contributed by atoms with Gasteiger partial charge >= 0.3 is 5.82 Å². The second-order valence-electron chi connectivity index (χ2n) is 4.22. The summed E-state index contributed by atoms with van der Waals surface area (Å²) in [5.74, 6) is -0.0644. The van der Waals surface area contributed by atoms with Gasteiger partial charge in [-0.15, -0.1) is 0 Å². The SMILES string of the molecule is CCC(C)CCNC(=O)c1ccnc([N+](=O)[O-])c1. The van der Waals surface area contributed by atoms with Gasteiger partial charge in [0, 0.05) is 12.6 Å². The zero-order valence-electron chi connectivity index (χ0n) is 10.5. The lowest BCUT2D eigenvalue weighted by Crippen LogP contribution is -2.25. The predicted molar refractivity (Wildman–Crippen MR) is 67.3 cm³/mol. The van der Waals surface area contributed by atoms with E-state index in [1.807, 2.05) is 0 Å². The lowest BCUT2D eigenvalue weighted by atomic mass is 10.1. The highest BCUT2D eigenvalue weighted by Gasteiger charge is 2.12. The summed E-state index contributed by atoms with van der Waals surface area (Å²) in [6.45, 7) is 4.78. The van der Waals surface area contributed by atoms with Gasteiger partial charge in [0.1, 0.15) is 6.20 Å². The fourth-order valence-electron chi connectivity index (χ4n) is 1.40. The highest BCUT2D eigenvalue weighted by Crippen LogP contribution is 2.09. The molecule has 1 amide bonds. The Hall–Kier alpha value is -1.98. The van der Waals surface area contributed by atoms with Crippen molar-refractivity contribution in [2.75, 3.05) is 6.54 Å². The van der Waals surface area contributed by atoms with Crippen LogP contribution in [0.25, 0.3) is 0 Å². The van der Waals surface area contributed by atoms with E-state index in [0.29, 0.717) is 12.5 Å². The molecule has 0 bridgehead atoms. The van der Waals surface area contributed by atoms with E-state index in [-0.39, 0.29) is 17.3 Å². The van der Waals surface area contributed by atoms with Crippen LogP contribution in [0.5, 0.6) is 0 Å². The summed E-state index contributed by atoms with van der Waals surface area (Å²) in [7, 11) is 0. The summed E-state index contributed by atoms with van der Waals surface area (Å²) in [6.07, 6.45) is 3.23. The number of nitrogens with one attached hydrogen (secondary N) is 1. The second kappa shape index (κ2) is 6.68. The molecule has 1 N–H and O–H groups in total. The van der Waals surface area contributed by atoms with Crippen LogP contribution in [-0.4, -0.2) is 22.4 Å². The maximum atomic E-state index is 11.7. The van der Waals surface area contributed by atoms with Crippen LogP contribution in [0.3, 0.4) is 0 Å². The normalized spacial score (nSPS) is 11.9. The van der Waals surface area contributed by atoms with Gasteiger partial charge in [-0.25, -0.2) is 0 Å². The van der Waals surface area contributed by atoms with E-state index in [2.05, 4.69) is 24.1 Å². The largest absolute Gasteiger partial charge is 0.364 e. The van der Waals surface area contributed by atoms with Crippen molar-refractivity contribution in [3.05, 3.63) is 34.0 Å². The maximum Gasteiger partial charge on any atom is 0.364 e. The molecular weight excluding hydrogens is 234 g/mol. The quantitative estimate of drug-likeness (QED) is 0.620. The summed E-state index contributed by atoms with van der Waals surface area (Å²) in [6, 6.07) is 2.64. The number of hydrogen-bond acceptors (Lipinski definition) is 4. The third-order valence-corrected chi connectivity index (χ3v) is 2.81. The first-order valence-electron chi connectivity index (χ1n) is 5.93. The van der Waals surface area contributed by atoms with E-state index in [1.165, 1.54) is 18.3 Å². The molecule has 0 radical (unpaired) electrons. The second-order valence-corrected chi connectivity index (χ2v) is 4.22. The van der Waals surface area contributed by atoms with Crippen molar-refractivity contribution in [1.82, 2.24) is 10.3 Å². The van der Waals surface area contributed by atoms with Crippen molar-refractivity contribution in [2.45, 2.75) is 26.7 Å². The van der Waals surface area contributed by atoms with Crippen LogP contribution in [0.2, 0.25) is 0 Å². The highest BCUT2D eigenvalue weighted by molar-refractivity contribution is 5.94. The summed E-state index contributed by atoms with van der Waals surface area (Å²) in [5.41, 5.74) is 0.265. The minimum absolute atomic E-state index is 0.265. The minimum atomic E-state index is -0.615. The van der Waals surface area contributed by atoms with Crippen LogP contribution in [0.4, 0.5) is 5.82 Å². The van der Waals surface area contributed by atoms with Crippen LogP contribution in [0.15, 0.2) is 18.3 Å². The lowest BCUT2D eigenvalue weighted by molar-refractivity contribution is -0.389. The number of aromatic nitrogens is 1. The Morgan fingerprint density at radius 1 is 1.61 bits per heavy atom. The molecule has 1 unspecified atom stereocenters. The summed E-state index contributed by atoms with van der Waals surface area (Å²) >= 11 is 0. The van der Waals surface area contributed by atoms with E-state index in [4.69, 9.17) is 0 Å². The molecule has 6 nitrogen and oxygen atoms in total. The zero-order chi connectivity index (χ0) is 13.5. The van der Waals surface area contributed by atoms with E-state index >= 15 is 0 Å².